The fourth-order valence-electron chi connectivity index (χ4n) is 4.35. The summed E-state index contributed by atoms with van der Waals surface area (Å²) < 4.78 is 2.41. The number of aryl methyl sites for hydroxylation is 1. The predicted octanol–water partition coefficient (Wildman–Crippen LogP) is 3.76. The van der Waals surface area contributed by atoms with Crippen LogP contribution in [-0.2, 0) is 0 Å². The summed E-state index contributed by atoms with van der Waals surface area (Å²) in [6.07, 6.45) is 8.83. The van der Waals surface area contributed by atoms with Gasteiger partial charge in [-0.1, -0.05) is 19.3 Å². The maximum Gasteiger partial charge on any atom is 0.253 e. The van der Waals surface area contributed by atoms with Gasteiger partial charge in [-0.2, -0.15) is 0 Å². The second-order valence-electron chi connectivity index (χ2n) is 7.35. The van der Waals surface area contributed by atoms with Crippen LogP contribution in [0.1, 0.15) is 72.7 Å². The normalized spacial score (nSPS) is 21.5. The van der Waals surface area contributed by atoms with Crippen LogP contribution in [0.25, 0.3) is 0 Å². The Morgan fingerprint density at radius 2 is 2.00 bits per heavy atom. The van der Waals surface area contributed by atoms with E-state index in [0.717, 1.165) is 43.2 Å². The molecule has 2 N–H and O–H groups in total. The lowest BCUT2D eigenvalue weighted by Crippen LogP contribution is -2.27. The molecule has 3 rings (SSSR count). The molecule has 136 valence electrons. The maximum atomic E-state index is 12.5. The van der Waals surface area contributed by atoms with Crippen LogP contribution < -0.4 is 10.6 Å². The van der Waals surface area contributed by atoms with Gasteiger partial charge in [0.25, 0.3) is 5.91 Å². The zero-order valence-electron chi connectivity index (χ0n) is 15.1. The summed E-state index contributed by atoms with van der Waals surface area (Å²) >= 11 is 0. The molecule has 0 spiro atoms. The molecule has 1 aliphatic heterocycles. The molecule has 0 bridgehead atoms. The van der Waals surface area contributed by atoms with Crippen LogP contribution in [0.2, 0.25) is 0 Å². The van der Waals surface area contributed by atoms with Crippen molar-refractivity contribution in [2.24, 2.45) is 5.92 Å². The van der Waals surface area contributed by atoms with Gasteiger partial charge in [0, 0.05) is 24.0 Å². The standard InChI is InChI=1S/C19H31N3O.ClH/c1-14-12-18(15(2)22(14)17-6-4-3-5-7-17)19(23)21-11-9-16-8-10-20-13-16;/h12,16-17,20H,3-11,13H2,1-2H3,(H,21,23);1H. The Hall–Kier alpha value is -1.000. The minimum Gasteiger partial charge on any atom is -0.352 e. The van der Waals surface area contributed by atoms with E-state index in [-0.39, 0.29) is 18.3 Å². The highest BCUT2D eigenvalue weighted by Crippen LogP contribution is 2.32. The first-order valence-electron chi connectivity index (χ1n) is 9.34. The molecule has 2 fully saturated rings. The highest BCUT2D eigenvalue weighted by molar-refractivity contribution is 5.95. The molecule has 1 amide bonds. The molecule has 2 heterocycles. The van der Waals surface area contributed by atoms with E-state index in [4.69, 9.17) is 0 Å². The molecule has 0 radical (unpaired) electrons. The fraction of sp³-hybridized carbons (Fsp3) is 0.737. The van der Waals surface area contributed by atoms with Gasteiger partial charge >= 0.3 is 0 Å². The van der Waals surface area contributed by atoms with Crippen molar-refractivity contribution in [2.75, 3.05) is 19.6 Å². The first-order chi connectivity index (χ1) is 11.2. The van der Waals surface area contributed by atoms with Crippen molar-refractivity contribution in [3.63, 3.8) is 0 Å². The van der Waals surface area contributed by atoms with Crippen molar-refractivity contribution in [2.45, 2.75) is 64.8 Å². The lowest BCUT2D eigenvalue weighted by molar-refractivity contribution is 0.0951. The third-order valence-electron chi connectivity index (χ3n) is 5.67. The van der Waals surface area contributed by atoms with E-state index in [0.29, 0.717) is 6.04 Å². The molecule has 24 heavy (non-hydrogen) atoms. The van der Waals surface area contributed by atoms with Gasteiger partial charge in [-0.05, 0) is 64.6 Å². The summed E-state index contributed by atoms with van der Waals surface area (Å²) in [5.74, 6) is 0.830. The second-order valence-corrected chi connectivity index (χ2v) is 7.35. The van der Waals surface area contributed by atoms with E-state index in [9.17, 15) is 4.79 Å². The van der Waals surface area contributed by atoms with Gasteiger partial charge in [-0.15, -0.1) is 12.4 Å². The molecule has 1 atom stereocenters. The number of amides is 1. The van der Waals surface area contributed by atoms with Crippen molar-refractivity contribution in [1.29, 1.82) is 0 Å². The van der Waals surface area contributed by atoms with E-state index in [1.807, 2.05) is 0 Å². The topological polar surface area (TPSA) is 46.1 Å². The Morgan fingerprint density at radius 3 is 2.67 bits per heavy atom. The molecule has 1 unspecified atom stereocenters. The van der Waals surface area contributed by atoms with Crippen molar-refractivity contribution < 1.29 is 4.79 Å². The summed E-state index contributed by atoms with van der Waals surface area (Å²) in [6.45, 7) is 7.27. The van der Waals surface area contributed by atoms with Gasteiger partial charge in [0.05, 0.1) is 5.56 Å². The molecule has 1 aromatic rings. The van der Waals surface area contributed by atoms with E-state index in [1.54, 1.807) is 0 Å². The molecular weight excluding hydrogens is 322 g/mol. The van der Waals surface area contributed by atoms with E-state index in [2.05, 4.69) is 35.1 Å². The third kappa shape index (κ3) is 4.34. The average Bonchev–Trinajstić information content (AvgIpc) is 3.16. The number of nitrogens with one attached hydrogen (secondary N) is 2. The number of aromatic nitrogens is 1. The first kappa shape index (κ1) is 19.3. The Labute approximate surface area is 152 Å². The van der Waals surface area contributed by atoms with E-state index in [1.165, 1.54) is 44.2 Å². The Bertz CT molecular complexity index is 543. The molecule has 5 heteroatoms. The SMILES string of the molecule is Cc1cc(C(=O)NCCC2CCNC2)c(C)n1C1CCCCC1.Cl. The molecule has 4 nitrogen and oxygen atoms in total. The van der Waals surface area contributed by atoms with Crippen LogP contribution in [0.4, 0.5) is 0 Å². The Morgan fingerprint density at radius 1 is 1.25 bits per heavy atom. The number of rotatable bonds is 5. The van der Waals surface area contributed by atoms with Gasteiger partial charge in [0.15, 0.2) is 0 Å². The van der Waals surface area contributed by atoms with Crippen molar-refractivity contribution >= 4 is 18.3 Å². The lowest BCUT2D eigenvalue weighted by atomic mass is 9.95. The van der Waals surface area contributed by atoms with Crippen molar-refractivity contribution in [3.05, 3.63) is 23.0 Å². The Kier molecular flexibility index (Phi) is 7.17. The summed E-state index contributed by atoms with van der Waals surface area (Å²) in [5.41, 5.74) is 3.26. The third-order valence-corrected chi connectivity index (χ3v) is 5.67. The van der Waals surface area contributed by atoms with Crippen LogP contribution in [0, 0.1) is 19.8 Å². The summed E-state index contributed by atoms with van der Waals surface area (Å²) in [4.78, 5) is 12.5. The van der Waals surface area contributed by atoms with Gasteiger partial charge in [0.2, 0.25) is 0 Å². The number of carbonyl (C=O) groups is 1. The summed E-state index contributed by atoms with van der Waals surface area (Å²) in [7, 11) is 0. The average molecular weight is 354 g/mol. The van der Waals surface area contributed by atoms with Crippen LogP contribution in [-0.4, -0.2) is 30.1 Å². The quantitative estimate of drug-likeness (QED) is 0.846. The van der Waals surface area contributed by atoms with Crippen LogP contribution >= 0.6 is 12.4 Å². The molecule has 0 aromatic carbocycles. The van der Waals surface area contributed by atoms with E-state index >= 15 is 0 Å². The Balaban J connectivity index is 0.00000208. The smallest absolute Gasteiger partial charge is 0.253 e. The van der Waals surface area contributed by atoms with Crippen molar-refractivity contribution in [3.8, 4) is 0 Å². The first-order valence-corrected chi connectivity index (χ1v) is 9.34. The van der Waals surface area contributed by atoms with Gasteiger partial charge < -0.3 is 15.2 Å². The van der Waals surface area contributed by atoms with Crippen LogP contribution in [0.5, 0.6) is 0 Å². The van der Waals surface area contributed by atoms with E-state index < -0.39 is 0 Å². The van der Waals surface area contributed by atoms with Gasteiger partial charge in [-0.25, -0.2) is 0 Å². The highest BCUT2D eigenvalue weighted by atomic mass is 35.5. The predicted molar refractivity (Wildman–Crippen MR) is 101 cm³/mol. The van der Waals surface area contributed by atoms with Gasteiger partial charge in [-0.3, -0.25) is 4.79 Å². The largest absolute Gasteiger partial charge is 0.352 e. The minimum absolute atomic E-state index is 0. The fourth-order valence-corrected chi connectivity index (χ4v) is 4.35. The number of hydrogen-bond acceptors (Lipinski definition) is 2. The molecule has 1 saturated carbocycles. The number of halogens is 1. The zero-order chi connectivity index (χ0) is 16.2. The van der Waals surface area contributed by atoms with Crippen LogP contribution in [0.15, 0.2) is 6.07 Å². The zero-order valence-corrected chi connectivity index (χ0v) is 15.9. The molecule has 2 aliphatic rings. The summed E-state index contributed by atoms with van der Waals surface area (Å²) in [5, 5.41) is 6.51. The maximum absolute atomic E-state index is 12.5. The second kappa shape index (κ2) is 8.91. The minimum atomic E-state index is 0. The molecule has 1 aliphatic carbocycles. The monoisotopic (exact) mass is 353 g/mol. The highest BCUT2D eigenvalue weighted by Gasteiger charge is 2.22. The number of carbonyl (C=O) groups excluding carboxylic acids is 1. The molecule has 1 saturated heterocycles. The number of nitrogens with zero attached hydrogens (tertiary/aromatic N) is 1. The van der Waals surface area contributed by atoms with Gasteiger partial charge in [0.1, 0.15) is 0 Å². The molecular formula is C19H32ClN3O. The lowest BCUT2D eigenvalue weighted by Gasteiger charge is -2.26. The summed E-state index contributed by atoms with van der Waals surface area (Å²) in [6, 6.07) is 2.67. The van der Waals surface area contributed by atoms with Crippen LogP contribution in [0.3, 0.4) is 0 Å². The molecule has 1 aromatic heterocycles. The van der Waals surface area contributed by atoms with Crippen molar-refractivity contribution in [1.82, 2.24) is 15.2 Å². The number of hydrogen-bond donors (Lipinski definition) is 2.